The van der Waals surface area contributed by atoms with E-state index in [1.165, 1.54) is 11.1 Å². The minimum atomic E-state index is 0.555. The van der Waals surface area contributed by atoms with Crippen molar-refractivity contribution in [2.75, 3.05) is 0 Å². The lowest BCUT2D eigenvalue weighted by Crippen LogP contribution is -2.01. The van der Waals surface area contributed by atoms with E-state index in [0.29, 0.717) is 17.5 Å². The summed E-state index contributed by atoms with van der Waals surface area (Å²) in [6.45, 7) is 0. The topological polar surface area (TPSA) is 65.0 Å². The molecule has 5 heteroatoms. The largest absolute Gasteiger partial charge is 0.456 e. The van der Waals surface area contributed by atoms with Crippen LogP contribution in [-0.2, 0) is 0 Å². The maximum atomic E-state index is 6.72. The van der Waals surface area contributed by atoms with E-state index >= 15 is 0 Å². The van der Waals surface area contributed by atoms with Gasteiger partial charge in [-0.05, 0) is 64.0 Å². The van der Waals surface area contributed by atoms with Gasteiger partial charge in [0.25, 0.3) is 0 Å². The molecule has 0 aliphatic heterocycles. The standard InChI is InChI=1S/C49H29N3O2/c1-3-13-30(14-4-1)34-17-7-10-21-40(34)49-51-47(32-23-25-37-36-19-11-12-22-43(36)53-44(37)27-32)50-48(52-49)33-24-26-38-42-29-41(31-15-5-2-6-16-31)35-18-8-9-20-39(35)46(42)54-45(38)28-33/h1-29H. The first-order chi connectivity index (χ1) is 26.7. The van der Waals surface area contributed by atoms with E-state index in [4.69, 9.17) is 23.8 Å². The molecule has 3 aromatic heterocycles. The Kier molecular flexibility index (Phi) is 6.79. The molecule has 0 aliphatic rings. The molecule has 0 amide bonds. The van der Waals surface area contributed by atoms with E-state index < -0.39 is 0 Å². The van der Waals surface area contributed by atoms with Gasteiger partial charge in [0.2, 0.25) is 0 Å². The zero-order valence-corrected chi connectivity index (χ0v) is 28.9. The summed E-state index contributed by atoms with van der Waals surface area (Å²) in [5, 5.41) is 6.47. The first-order valence-electron chi connectivity index (χ1n) is 18.0. The first-order valence-corrected chi connectivity index (χ1v) is 18.0. The molecule has 0 bridgehead atoms. The minimum absolute atomic E-state index is 0.555. The number of benzene rings is 8. The number of rotatable bonds is 5. The Morgan fingerprint density at radius 3 is 1.48 bits per heavy atom. The summed E-state index contributed by atoms with van der Waals surface area (Å²) in [4.78, 5) is 15.4. The molecule has 0 atom stereocenters. The van der Waals surface area contributed by atoms with Gasteiger partial charge in [-0.3, -0.25) is 0 Å². The van der Waals surface area contributed by atoms with Gasteiger partial charge in [-0.15, -0.1) is 0 Å². The third-order valence-corrected chi connectivity index (χ3v) is 10.3. The van der Waals surface area contributed by atoms with Crippen molar-refractivity contribution in [3.8, 4) is 56.4 Å². The van der Waals surface area contributed by atoms with Crippen LogP contribution >= 0.6 is 0 Å². The lowest BCUT2D eigenvalue weighted by molar-refractivity contribution is 0.669. The molecule has 0 saturated heterocycles. The number of hydrogen-bond acceptors (Lipinski definition) is 5. The van der Waals surface area contributed by atoms with Crippen molar-refractivity contribution in [3.63, 3.8) is 0 Å². The summed E-state index contributed by atoms with van der Waals surface area (Å²) in [6.07, 6.45) is 0. The third-order valence-electron chi connectivity index (χ3n) is 10.3. The van der Waals surface area contributed by atoms with Crippen LogP contribution in [0.3, 0.4) is 0 Å². The molecule has 252 valence electrons. The molecule has 54 heavy (non-hydrogen) atoms. The lowest BCUT2D eigenvalue weighted by atomic mass is 9.95. The van der Waals surface area contributed by atoms with Gasteiger partial charge in [0.05, 0.1) is 0 Å². The smallest absolute Gasteiger partial charge is 0.164 e. The Labute approximate surface area is 309 Å². The van der Waals surface area contributed by atoms with Gasteiger partial charge in [-0.2, -0.15) is 0 Å². The highest BCUT2D eigenvalue weighted by atomic mass is 16.3. The van der Waals surface area contributed by atoms with Gasteiger partial charge in [0.15, 0.2) is 17.5 Å². The van der Waals surface area contributed by atoms with E-state index in [0.717, 1.165) is 82.5 Å². The van der Waals surface area contributed by atoms with Gasteiger partial charge in [-0.1, -0.05) is 140 Å². The number of aromatic nitrogens is 3. The van der Waals surface area contributed by atoms with E-state index in [1.54, 1.807) is 0 Å². The van der Waals surface area contributed by atoms with Crippen molar-refractivity contribution in [1.82, 2.24) is 15.0 Å². The predicted molar refractivity (Wildman–Crippen MR) is 219 cm³/mol. The fourth-order valence-electron chi connectivity index (χ4n) is 7.76. The Bertz CT molecular complexity index is 3220. The number of furan rings is 2. The molecule has 0 N–H and O–H groups in total. The number of fused-ring (bicyclic) bond motifs is 8. The van der Waals surface area contributed by atoms with Gasteiger partial charge >= 0.3 is 0 Å². The van der Waals surface area contributed by atoms with Crippen LogP contribution in [0.15, 0.2) is 185 Å². The molecule has 0 radical (unpaired) electrons. The van der Waals surface area contributed by atoms with Crippen LogP contribution in [0.2, 0.25) is 0 Å². The average Bonchev–Trinajstić information content (AvgIpc) is 3.81. The number of nitrogens with zero attached hydrogens (tertiary/aromatic N) is 3. The van der Waals surface area contributed by atoms with Gasteiger partial charge in [-0.25, -0.2) is 15.0 Å². The van der Waals surface area contributed by atoms with Gasteiger partial charge < -0.3 is 8.83 Å². The Hall–Kier alpha value is -7.37. The van der Waals surface area contributed by atoms with E-state index in [2.05, 4.69) is 121 Å². The first kappa shape index (κ1) is 30.3. The molecule has 3 heterocycles. The summed E-state index contributed by atoms with van der Waals surface area (Å²) in [5.41, 5.74) is 10.3. The highest BCUT2D eigenvalue weighted by Crippen LogP contribution is 2.41. The second-order valence-corrected chi connectivity index (χ2v) is 13.6. The summed E-state index contributed by atoms with van der Waals surface area (Å²) in [7, 11) is 0. The van der Waals surface area contributed by atoms with Crippen LogP contribution < -0.4 is 0 Å². The summed E-state index contributed by atoms with van der Waals surface area (Å²) >= 11 is 0. The lowest BCUT2D eigenvalue weighted by Gasteiger charge is -2.12. The molecule has 11 rings (SSSR count). The average molecular weight is 692 g/mol. The van der Waals surface area contributed by atoms with E-state index in [9.17, 15) is 0 Å². The van der Waals surface area contributed by atoms with Crippen molar-refractivity contribution in [3.05, 3.63) is 176 Å². The van der Waals surface area contributed by atoms with Crippen LogP contribution in [0, 0.1) is 0 Å². The van der Waals surface area contributed by atoms with Crippen molar-refractivity contribution < 1.29 is 8.83 Å². The predicted octanol–water partition coefficient (Wildman–Crippen LogP) is 13.2. The summed E-state index contributed by atoms with van der Waals surface area (Å²) in [6, 6.07) is 60.4. The van der Waals surface area contributed by atoms with Gasteiger partial charge in [0, 0.05) is 43.6 Å². The second-order valence-electron chi connectivity index (χ2n) is 13.6. The van der Waals surface area contributed by atoms with Crippen LogP contribution in [0.1, 0.15) is 0 Å². The van der Waals surface area contributed by atoms with Crippen LogP contribution in [0.25, 0.3) is 111 Å². The van der Waals surface area contributed by atoms with Crippen molar-refractivity contribution in [2.45, 2.75) is 0 Å². The molecule has 11 aromatic rings. The number of hydrogen-bond donors (Lipinski definition) is 0. The monoisotopic (exact) mass is 691 g/mol. The molecule has 5 nitrogen and oxygen atoms in total. The Morgan fingerprint density at radius 2 is 0.778 bits per heavy atom. The van der Waals surface area contributed by atoms with E-state index in [1.807, 2.05) is 54.6 Å². The fourth-order valence-corrected chi connectivity index (χ4v) is 7.76. The third kappa shape index (κ3) is 4.90. The molecular formula is C49H29N3O2. The zero-order valence-electron chi connectivity index (χ0n) is 28.9. The maximum absolute atomic E-state index is 6.72. The maximum Gasteiger partial charge on any atom is 0.164 e. The minimum Gasteiger partial charge on any atom is -0.456 e. The van der Waals surface area contributed by atoms with E-state index in [-0.39, 0.29) is 0 Å². The van der Waals surface area contributed by atoms with Gasteiger partial charge in [0.1, 0.15) is 22.3 Å². The fraction of sp³-hybridized carbons (Fsp3) is 0. The van der Waals surface area contributed by atoms with Crippen LogP contribution in [-0.4, -0.2) is 15.0 Å². The number of para-hydroxylation sites is 1. The zero-order chi connectivity index (χ0) is 35.6. The summed E-state index contributed by atoms with van der Waals surface area (Å²) in [5.74, 6) is 1.70. The molecule has 8 aromatic carbocycles. The molecule has 0 aliphatic carbocycles. The second kappa shape index (κ2) is 12.1. The Morgan fingerprint density at radius 1 is 0.278 bits per heavy atom. The van der Waals surface area contributed by atoms with Crippen molar-refractivity contribution in [1.29, 1.82) is 0 Å². The van der Waals surface area contributed by atoms with Crippen molar-refractivity contribution in [2.24, 2.45) is 0 Å². The molecular weight excluding hydrogens is 663 g/mol. The summed E-state index contributed by atoms with van der Waals surface area (Å²) < 4.78 is 13.0. The molecule has 0 fully saturated rings. The quantitative estimate of drug-likeness (QED) is 0.180. The molecule has 0 spiro atoms. The van der Waals surface area contributed by atoms with Crippen LogP contribution in [0.5, 0.6) is 0 Å². The molecule has 0 unspecified atom stereocenters. The van der Waals surface area contributed by atoms with Crippen LogP contribution in [0.4, 0.5) is 0 Å². The normalized spacial score (nSPS) is 11.7. The SMILES string of the molecule is c1ccc(-c2ccccc2-c2nc(-c3ccc4c(c3)oc3ccccc34)nc(-c3ccc4c(c3)oc3c5ccccc5c(-c5ccccc5)cc43)n2)cc1. The molecule has 0 saturated carbocycles. The highest BCUT2D eigenvalue weighted by molar-refractivity contribution is 6.19. The highest BCUT2D eigenvalue weighted by Gasteiger charge is 2.19. The Balaban J connectivity index is 1.12. The van der Waals surface area contributed by atoms with Crippen molar-refractivity contribution >= 4 is 54.6 Å².